The van der Waals surface area contributed by atoms with Gasteiger partial charge in [0.15, 0.2) is 10.9 Å². The number of hydrogen-bond acceptors (Lipinski definition) is 7. The molecule has 198 valence electrons. The average Bonchev–Trinajstić information content (AvgIpc) is 2.82. The van der Waals surface area contributed by atoms with Crippen molar-refractivity contribution in [2.24, 2.45) is 10.3 Å². The van der Waals surface area contributed by atoms with Gasteiger partial charge in [0.1, 0.15) is 9.79 Å². The Morgan fingerprint density at radius 3 is 1.92 bits per heavy atom. The zero-order valence-corrected chi connectivity index (χ0v) is 22.3. The first-order valence-corrected chi connectivity index (χ1v) is 14.7. The number of benzene rings is 3. The number of fused-ring (bicyclic) bond motifs is 4. The van der Waals surface area contributed by atoms with Crippen molar-refractivity contribution in [2.45, 2.75) is 29.2 Å². The van der Waals surface area contributed by atoms with Crippen molar-refractivity contribution >= 4 is 63.7 Å². The number of H-pyrrole nitrogens is 2. The monoisotopic (exact) mass is 555 g/mol. The highest BCUT2D eigenvalue weighted by Crippen LogP contribution is 2.37. The Labute approximate surface area is 217 Å². The molecule has 1 unspecified atom stereocenters. The molecule has 2 aromatic heterocycles. The number of para-hydroxylation sites is 1. The van der Waals surface area contributed by atoms with Gasteiger partial charge in [-0.2, -0.15) is 0 Å². The number of sulfonamides is 2. The van der Waals surface area contributed by atoms with Crippen LogP contribution in [0.5, 0.6) is 0 Å². The second kappa shape index (κ2) is 8.71. The van der Waals surface area contributed by atoms with E-state index in [-0.39, 0.29) is 32.8 Å². The minimum Gasteiger partial charge on any atom is -0.354 e. The van der Waals surface area contributed by atoms with Gasteiger partial charge in [-0.1, -0.05) is 19.1 Å². The molecule has 5 rings (SSSR count). The molecule has 0 spiro atoms. The summed E-state index contributed by atoms with van der Waals surface area (Å²) in [6.45, 7) is 1.77. The van der Waals surface area contributed by atoms with E-state index < -0.39 is 41.3 Å². The first kappa shape index (κ1) is 26.0. The van der Waals surface area contributed by atoms with E-state index in [4.69, 9.17) is 10.3 Å². The van der Waals surface area contributed by atoms with E-state index in [1.165, 1.54) is 12.1 Å². The maximum Gasteiger partial charge on any atom is 0.239 e. The third-order valence-electron chi connectivity index (χ3n) is 6.80. The summed E-state index contributed by atoms with van der Waals surface area (Å²) in [5.74, 6) is 0. The van der Waals surface area contributed by atoms with Crippen molar-refractivity contribution in [1.82, 2.24) is 14.9 Å². The Hall–Kier alpha value is -3.62. The number of nitrogens with one attached hydrogen (secondary N) is 2. The van der Waals surface area contributed by atoms with Crippen molar-refractivity contribution in [3.63, 3.8) is 0 Å². The van der Waals surface area contributed by atoms with Gasteiger partial charge >= 0.3 is 0 Å². The number of hydrogen-bond donors (Lipinski definition) is 4. The molecule has 6 N–H and O–H groups in total. The molecule has 0 saturated carbocycles. The lowest BCUT2D eigenvalue weighted by molar-refractivity contribution is 0.289. The molecule has 0 saturated heterocycles. The van der Waals surface area contributed by atoms with Crippen LogP contribution >= 0.6 is 0 Å². The van der Waals surface area contributed by atoms with E-state index in [1.807, 2.05) is 0 Å². The first-order valence-electron chi connectivity index (χ1n) is 11.6. The molecule has 1 atom stereocenters. The summed E-state index contributed by atoms with van der Waals surface area (Å²) >= 11 is 0. The van der Waals surface area contributed by atoms with Crippen molar-refractivity contribution in [3.05, 3.63) is 68.5 Å². The molecule has 0 amide bonds. The van der Waals surface area contributed by atoms with Crippen LogP contribution in [0, 0.1) is 0 Å². The van der Waals surface area contributed by atoms with Crippen molar-refractivity contribution in [2.75, 3.05) is 14.1 Å². The normalized spacial score (nSPS) is 13.7. The fourth-order valence-corrected chi connectivity index (χ4v) is 7.43. The van der Waals surface area contributed by atoms with E-state index in [0.29, 0.717) is 28.2 Å². The van der Waals surface area contributed by atoms with E-state index in [2.05, 4.69) is 9.97 Å². The molecule has 5 aromatic rings. The summed E-state index contributed by atoms with van der Waals surface area (Å²) in [6, 6.07) is 10.3. The highest BCUT2D eigenvalue weighted by Gasteiger charge is 2.33. The van der Waals surface area contributed by atoms with E-state index >= 15 is 0 Å². The summed E-state index contributed by atoms with van der Waals surface area (Å²) in [5, 5.41) is 11.9. The predicted molar refractivity (Wildman–Crippen MR) is 147 cm³/mol. The van der Waals surface area contributed by atoms with Gasteiger partial charge in [0.25, 0.3) is 0 Å². The van der Waals surface area contributed by atoms with Crippen molar-refractivity contribution in [3.8, 4) is 0 Å². The smallest absolute Gasteiger partial charge is 0.239 e. The van der Waals surface area contributed by atoms with Crippen molar-refractivity contribution in [1.29, 1.82) is 0 Å². The Kier molecular flexibility index (Phi) is 5.96. The maximum absolute atomic E-state index is 14.0. The molecule has 0 aliphatic rings. The van der Waals surface area contributed by atoms with Crippen LogP contribution in [0.4, 0.5) is 0 Å². The molecule has 11 nitrogen and oxygen atoms in total. The second-order valence-electron chi connectivity index (χ2n) is 9.41. The van der Waals surface area contributed by atoms with E-state index in [9.17, 15) is 26.4 Å². The van der Waals surface area contributed by atoms with E-state index in [1.54, 1.807) is 50.2 Å². The van der Waals surface area contributed by atoms with Crippen LogP contribution in [0.25, 0.3) is 43.6 Å². The predicted octanol–water partition coefficient (Wildman–Crippen LogP) is 1.98. The number of nitrogens with two attached hydrogens (primary N) is 2. The van der Waals surface area contributed by atoms with Gasteiger partial charge in [0.05, 0.1) is 21.9 Å². The van der Waals surface area contributed by atoms with Gasteiger partial charge < -0.3 is 14.9 Å². The first-order chi connectivity index (χ1) is 17.7. The third-order valence-corrected chi connectivity index (χ3v) is 8.87. The SMILES string of the molecule is CCC(c1c(S(N)(=O)=O)c(S(N)(=O)=O)cc2[nH]c3cc4c(=O)c5ccccc5[nH]c4cc3c(=O)c12)N(C)C. The van der Waals surface area contributed by atoms with Crippen LogP contribution in [0.2, 0.25) is 0 Å². The molecule has 0 radical (unpaired) electrons. The quantitative estimate of drug-likeness (QED) is 0.238. The molecule has 0 fully saturated rings. The molecule has 0 aliphatic carbocycles. The molecule has 0 bridgehead atoms. The van der Waals surface area contributed by atoms with Crippen molar-refractivity contribution < 1.29 is 16.8 Å². The Morgan fingerprint density at radius 2 is 1.37 bits per heavy atom. The van der Waals surface area contributed by atoms with E-state index in [0.717, 1.165) is 6.07 Å². The lowest BCUT2D eigenvalue weighted by Crippen LogP contribution is -2.28. The highest BCUT2D eigenvalue weighted by molar-refractivity contribution is 7.92. The molecular formula is C25H25N5O6S2. The Balaban J connectivity index is 2.07. The average molecular weight is 556 g/mol. The number of primary sulfonamides is 2. The summed E-state index contributed by atoms with van der Waals surface area (Å²) in [6.07, 6.45) is 0.327. The molecule has 3 aromatic carbocycles. The van der Waals surface area contributed by atoms with Gasteiger partial charge in [0, 0.05) is 33.3 Å². The summed E-state index contributed by atoms with van der Waals surface area (Å²) in [7, 11) is -5.88. The maximum atomic E-state index is 14.0. The molecule has 2 heterocycles. The van der Waals surface area contributed by atoms with Gasteiger partial charge in [0.2, 0.25) is 20.0 Å². The topological polar surface area (TPSA) is 189 Å². The fraction of sp³-hybridized carbons (Fsp3) is 0.200. The standard InChI is InChI=1S/C25H25N5O6S2/c1-4-19(30(2)3)22-21-18(11-20(37(26,33)34)25(22)38(27,35)36)29-17-9-13-16(10-14(17)24(21)32)28-15-8-6-5-7-12(15)23(13)31/h5-11,19H,4H2,1-3H3,(H,28,31)(H,29,32)(H2,26,33,34)(H2,27,35,36). The number of pyridine rings is 2. The number of rotatable bonds is 5. The molecular weight excluding hydrogens is 530 g/mol. The van der Waals surface area contributed by atoms with Gasteiger partial charge in [-0.25, -0.2) is 27.1 Å². The van der Waals surface area contributed by atoms with Gasteiger partial charge in [-0.05, 0) is 50.8 Å². The van der Waals surface area contributed by atoms with Crippen LogP contribution in [-0.2, 0) is 20.0 Å². The van der Waals surface area contributed by atoms with Crippen LogP contribution in [-0.4, -0.2) is 45.8 Å². The number of aromatic amines is 2. The Morgan fingerprint density at radius 1 is 0.789 bits per heavy atom. The van der Waals surface area contributed by atoms with Crippen LogP contribution in [0.15, 0.2) is 61.8 Å². The van der Waals surface area contributed by atoms with Crippen LogP contribution in [0.3, 0.4) is 0 Å². The van der Waals surface area contributed by atoms with Gasteiger partial charge in [-0.15, -0.1) is 0 Å². The summed E-state index contributed by atoms with van der Waals surface area (Å²) in [5.41, 5.74) is 0.471. The largest absolute Gasteiger partial charge is 0.354 e. The number of aromatic nitrogens is 2. The highest BCUT2D eigenvalue weighted by atomic mass is 32.2. The fourth-order valence-electron chi connectivity index (χ4n) is 5.20. The Bertz CT molecular complexity index is 2150. The zero-order chi connectivity index (χ0) is 27.7. The lowest BCUT2D eigenvalue weighted by Gasteiger charge is -2.27. The molecule has 13 heteroatoms. The van der Waals surface area contributed by atoms with Crippen LogP contribution in [0.1, 0.15) is 24.9 Å². The molecule has 0 aliphatic heterocycles. The zero-order valence-electron chi connectivity index (χ0n) is 20.7. The number of nitrogens with zero attached hydrogens (tertiary/aromatic N) is 1. The lowest BCUT2D eigenvalue weighted by atomic mass is 9.96. The summed E-state index contributed by atoms with van der Waals surface area (Å²) in [4.78, 5) is 33.7. The second-order valence-corrected chi connectivity index (χ2v) is 12.4. The van der Waals surface area contributed by atoms with Crippen LogP contribution < -0.4 is 21.1 Å². The minimum absolute atomic E-state index is 0.0306. The minimum atomic E-state index is -4.65. The third kappa shape index (κ3) is 3.99. The van der Waals surface area contributed by atoms with Gasteiger partial charge in [-0.3, -0.25) is 9.59 Å². The summed E-state index contributed by atoms with van der Waals surface area (Å²) < 4.78 is 50.8. The molecule has 38 heavy (non-hydrogen) atoms.